The Kier molecular flexibility index (Phi) is 6.68. The molecular formula is C25H24F3N7O3S. The van der Waals surface area contributed by atoms with Gasteiger partial charge in [-0.1, -0.05) is 12.1 Å². The molecule has 2 aromatic heterocycles. The quantitative estimate of drug-likeness (QED) is 0.385. The highest BCUT2D eigenvalue weighted by atomic mass is 32.2. The molecule has 1 saturated heterocycles. The lowest BCUT2D eigenvalue weighted by Gasteiger charge is -2.33. The average Bonchev–Trinajstić information content (AvgIpc) is 3.27. The van der Waals surface area contributed by atoms with Crippen LogP contribution in [0.5, 0.6) is 0 Å². The molecule has 204 valence electrons. The van der Waals surface area contributed by atoms with E-state index >= 15 is 0 Å². The number of benzene rings is 1. The minimum Gasteiger partial charge on any atom is -0.394 e. The van der Waals surface area contributed by atoms with Crippen molar-refractivity contribution in [3.05, 3.63) is 77.1 Å². The Labute approximate surface area is 221 Å². The summed E-state index contributed by atoms with van der Waals surface area (Å²) in [6.45, 7) is -0.0120. The monoisotopic (exact) mass is 559 g/mol. The summed E-state index contributed by atoms with van der Waals surface area (Å²) >= 11 is 0. The number of anilines is 1. The number of piperazine rings is 1. The summed E-state index contributed by atoms with van der Waals surface area (Å²) in [6.07, 6.45) is 1.27. The SMILES string of the molecule is Cn1cc(-c2cnc3ccc4ccc(NS(=O)(=O)N5CCN(/C=C(\N)C(F)(F)F)CC5)cc4c(=O)c3c2)cn1. The third-order valence-corrected chi connectivity index (χ3v) is 7.97. The fourth-order valence-electron chi connectivity index (χ4n) is 4.35. The Morgan fingerprint density at radius 1 is 1.03 bits per heavy atom. The number of aryl methyl sites for hydroxylation is 1. The topological polar surface area (TPSA) is 126 Å². The van der Waals surface area contributed by atoms with Crippen LogP contribution in [-0.4, -0.2) is 64.7 Å². The predicted octanol–water partition coefficient (Wildman–Crippen LogP) is 2.79. The fraction of sp³-hybridized carbons (Fsp3) is 0.240. The third kappa shape index (κ3) is 5.52. The van der Waals surface area contributed by atoms with Gasteiger partial charge in [-0.25, -0.2) is 0 Å². The van der Waals surface area contributed by atoms with Gasteiger partial charge in [0.2, 0.25) is 0 Å². The second-order valence-corrected chi connectivity index (χ2v) is 10.8. The molecule has 0 unspecified atom stereocenters. The van der Waals surface area contributed by atoms with Crippen molar-refractivity contribution in [1.82, 2.24) is 24.0 Å². The summed E-state index contributed by atoms with van der Waals surface area (Å²) in [5.74, 6) is 0. The Bertz CT molecular complexity index is 1760. The van der Waals surface area contributed by atoms with Crippen LogP contribution in [-0.2, 0) is 17.3 Å². The largest absolute Gasteiger partial charge is 0.432 e. The van der Waals surface area contributed by atoms with Gasteiger partial charge < -0.3 is 10.6 Å². The number of allylic oxidation sites excluding steroid dienone is 1. The van der Waals surface area contributed by atoms with E-state index in [1.807, 2.05) is 6.20 Å². The second-order valence-electron chi connectivity index (χ2n) is 9.15. The Morgan fingerprint density at radius 2 is 1.74 bits per heavy atom. The maximum absolute atomic E-state index is 13.5. The highest BCUT2D eigenvalue weighted by molar-refractivity contribution is 7.90. The molecule has 3 heterocycles. The highest BCUT2D eigenvalue weighted by Crippen LogP contribution is 2.25. The van der Waals surface area contributed by atoms with Crippen LogP contribution in [0.15, 0.2) is 71.7 Å². The van der Waals surface area contributed by atoms with Crippen LogP contribution < -0.4 is 15.9 Å². The van der Waals surface area contributed by atoms with Crippen molar-refractivity contribution in [3.8, 4) is 11.1 Å². The number of hydrogen-bond acceptors (Lipinski definition) is 7. The van der Waals surface area contributed by atoms with Gasteiger partial charge in [0.05, 0.1) is 17.4 Å². The maximum atomic E-state index is 13.5. The molecule has 14 heteroatoms. The first-order valence-corrected chi connectivity index (χ1v) is 13.3. The molecule has 3 N–H and O–H groups in total. The van der Waals surface area contributed by atoms with E-state index in [2.05, 4.69) is 14.8 Å². The molecule has 4 aromatic rings. The van der Waals surface area contributed by atoms with Crippen LogP contribution in [0, 0.1) is 0 Å². The number of aromatic nitrogens is 3. The molecule has 39 heavy (non-hydrogen) atoms. The van der Waals surface area contributed by atoms with Crippen molar-refractivity contribution in [2.24, 2.45) is 12.8 Å². The zero-order chi connectivity index (χ0) is 27.9. The summed E-state index contributed by atoms with van der Waals surface area (Å²) in [4.78, 5) is 19.3. The summed E-state index contributed by atoms with van der Waals surface area (Å²) in [5, 5.41) is 5.43. The number of alkyl halides is 3. The Morgan fingerprint density at radius 3 is 2.41 bits per heavy atom. The number of pyridine rings is 1. The van der Waals surface area contributed by atoms with E-state index in [1.165, 1.54) is 11.0 Å². The van der Waals surface area contributed by atoms with Gasteiger partial charge in [0.15, 0.2) is 5.43 Å². The molecule has 5 rings (SSSR count). The van der Waals surface area contributed by atoms with Gasteiger partial charge in [-0.15, -0.1) is 0 Å². The molecular weight excluding hydrogens is 535 g/mol. The number of rotatable bonds is 5. The summed E-state index contributed by atoms with van der Waals surface area (Å²) in [7, 11) is -2.25. The number of halogens is 3. The van der Waals surface area contributed by atoms with Crippen LogP contribution in [0.25, 0.3) is 32.8 Å². The fourth-order valence-corrected chi connectivity index (χ4v) is 5.55. The Hall–Kier alpha value is -4.17. The lowest BCUT2D eigenvalue weighted by molar-refractivity contribution is -0.0939. The van der Waals surface area contributed by atoms with Crippen LogP contribution in [0.3, 0.4) is 0 Å². The van der Waals surface area contributed by atoms with E-state index in [9.17, 15) is 26.4 Å². The zero-order valence-electron chi connectivity index (χ0n) is 20.7. The van der Waals surface area contributed by atoms with Crippen molar-refractivity contribution in [3.63, 3.8) is 0 Å². The molecule has 0 bridgehead atoms. The summed E-state index contributed by atoms with van der Waals surface area (Å²) < 4.78 is 69.4. The van der Waals surface area contributed by atoms with Gasteiger partial charge in [-0.05, 0) is 29.7 Å². The molecule has 0 amide bonds. The number of nitrogens with two attached hydrogens (primary N) is 1. The minimum absolute atomic E-state index is 0.0359. The molecule has 0 aliphatic carbocycles. The smallest absolute Gasteiger partial charge is 0.394 e. The number of nitrogens with zero attached hydrogens (tertiary/aromatic N) is 5. The van der Waals surface area contributed by atoms with Crippen LogP contribution in [0.2, 0.25) is 0 Å². The zero-order valence-corrected chi connectivity index (χ0v) is 21.5. The van der Waals surface area contributed by atoms with E-state index in [4.69, 9.17) is 5.73 Å². The van der Waals surface area contributed by atoms with E-state index in [0.717, 1.165) is 21.6 Å². The molecule has 0 spiro atoms. The highest BCUT2D eigenvalue weighted by Gasteiger charge is 2.33. The van der Waals surface area contributed by atoms with Crippen molar-refractivity contribution in [2.45, 2.75) is 6.18 Å². The normalized spacial score (nSPS) is 15.7. The molecule has 0 radical (unpaired) electrons. The van der Waals surface area contributed by atoms with Crippen molar-refractivity contribution >= 4 is 37.6 Å². The lowest BCUT2D eigenvalue weighted by Crippen LogP contribution is -2.49. The van der Waals surface area contributed by atoms with E-state index < -0.39 is 22.1 Å². The molecule has 10 nitrogen and oxygen atoms in total. The third-order valence-electron chi connectivity index (χ3n) is 6.43. The summed E-state index contributed by atoms with van der Waals surface area (Å²) in [5.41, 5.74) is 5.69. The van der Waals surface area contributed by atoms with E-state index in [1.54, 1.807) is 54.5 Å². The average molecular weight is 560 g/mol. The molecule has 1 fully saturated rings. The molecule has 1 aliphatic rings. The first-order chi connectivity index (χ1) is 18.4. The standard InChI is InChI=1S/C25H24F3N7O3S/c1-33-14-18(13-31-33)17-10-21-22(30-12-17)5-3-16-2-4-19(11-20(16)24(21)36)32-39(37,38)35-8-6-34(7-9-35)15-23(29)25(26,27)28/h2-5,10-15,32H,6-9,29H2,1H3/b23-15-. The van der Waals surface area contributed by atoms with Gasteiger partial charge >= 0.3 is 16.4 Å². The number of nitrogens with one attached hydrogen (secondary N) is 1. The van der Waals surface area contributed by atoms with Crippen molar-refractivity contribution in [2.75, 3.05) is 30.9 Å². The van der Waals surface area contributed by atoms with Crippen LogP contribution in [0.1, 0.15) is 0 Å². The van der Waals surface area contributed by atoms with Gasteiger partial charge in [-0.2, -0.15) is 31.0 Å². The van der Waals surface area contributed by atoms with Gasteiger partial charge in [0, 0.05) is 73.7 Å². The minimum atomic E-state index is -4.65. The molecule has 2 aromatic carbocycles. The predicted molar refractivity (Wildman–Crippen MR) is 142 cm³/mol. The van der Waals surface area contributed by atoms with Gasteiger partial charge in [0.25, 0.3) is 0 Å². The first-order valence-electron chi connectivity index (χ1n) is 11.8. The summed E-state index contributed by atoms with van der Waals surface area (Å²) in [6, 6.07) is 9.86. The number of hydrogen-bond donors (Lipinski definition) is 2. The van der Waals surface area contributed by atoms with Crippen LogP contribution >= 0.6 is 0 Å². The van der Waals surface area contributed by atoms with E-state index in [-0.39, 0.29) is 37.3 Å². The first kappa shape index (κ1) is 26.4. The second kappa shape index (κ2) is 9.85. The molecule has 0 saturated carbocycles. The van der Waals surface area contributed by atoms with Crippen molar-refractivity contribution in [1.29, 1.82) is 0 Å². The van der Waals surface area contributed by atoms with Crippen LogP contribution in [0.4, 0.5) is 18.9 Å². The molecule has 0 atom stereocenters. The lowest BCUT2D eigenvalue weighted by atomic mass is 10.1. The van der Waals surface area contributed by atoms with E-state index in [0.29, 0.717) is 21.7 Å². The maximum Gasteiger partial charge on any atom is 0.432 e. The van der Waals surface area contributed by atoms with Gasteiger partial charge in [0.1, 0.15) is 5.70 Å². The van der Waals surface area contributed by atoms with Crippen molar-refractivity contribution < 1.29 is 21.6 Å². The Balaban J connectivity index is 1.41. The molecule has 1 aliphatic heterocycles. The number of fused-ring (bicyclic) bond motifs is 2. The van der Waals surface area contributed by atoms with Gasteiger partial charge in [-0.3, -0.25) is 19.2 Å².